The quantitative estimate of drug-likeness (QED) is 0.593. The summed E-state index contributed by atoms with van der Waals surface area (Å²) in [6.07, 6.45) is -0.103. The highest BCUT2D eigenvalue weighted by atomic mass is 19.1. The molecule has 0 bridgehead atoms. The van der Waals surface area contributed by atoms with Crippen LogP contribution in [0.25, 0.3) is 0 Å². The number of halogens is 1. The number of amides is 4. The molecule has 33 heavy (non-hydrogen) atoms. The average molecular weight is 464 g/mol. The van der Waals surface area contributed by atoms with Crippen molar-refractivity contribution in [3.8, 4) is 0 Å². The summed E-state index contributed by atoms with van der Waals surface area (Å²) in [5, 5.41) is 5.96. The van der Waals surface area contributed by atoms with Gasteiger partial charge in [0.2, 0.25) is 11.8 Å². The van der Waals surface area contributed by atoms with Crippen LogP contribution in [0, 0.1) is 11.7 Å². The van der Waals surface area contributed by atoms with E-state index in [-0.39, 0.29) is 49.2 Å². The van der Waals surface area contributed by atoms with E-state index in [2.05, 4.69) is 5.32 Å². The third kappa shape index (κ3) is 5.80. The summed E-state index contributed by atoms with van der Waals surface area (Å²) in [5.41, 5.74) is 0.757. The van der Waals surface area contributed by atoms with Gasteiger partial charge >= 0.3 is 6.03 Å². The van der Waals surface area contributed by atoms with E-state index in [4.69, 9.17) is 4.74 Å². The van der Waals surface area contributed by atoms with Crippen molar-refractivity contribution in [2.75, 3.05) is 39.9 Å². The molecule has 2 saturated heterocycles. The number of piperazine rings is 1. The van der Waals surface area contributed by atoms with Gasteiger partial charge in [0.05, 0.1) is 19.7 Å². The number of rotatable bonds is 8. The molecule has 2 aliphatic rings. The zero-order valence-electron chi connectivity index (χ0n) is 19.8. The number of ether oxygens (including phenoxy) is 1. The maximum absolute atomic E-state index is 13.3. The Kier molecular flexibility index (Phi) is 8.25. The fraction of sp³-hybridized carbons (Fsp3) is 0.609. The van der Waals surface area contributed by atoms with Gasteiger partial charge in [0.15, 0.2) is 0 Å². The van der Waals surface area contributed by atoms with Crippen LogP contribution in [-0.2, 0) is 20.9 Å². The molecular weight excluding hydrogens is 429 g/mol. The van der Waals surface area contributed by atoms with E-state index >= 15 is 0 Å². The van der Waals surface area contributed by atoms with Crippen LogP contribution in [-0.4, -0.2) is 89.8 Å². The van der Waals surface area contributed by atoms with Crippen molar-refractivity contribution in [1.29, 1.82) is 0 Å². The zero-order chi connectivity index (χ0) is 24.1. The minimum Gasteiger partial charge on any atom is -0.380 e. The number of hydrazine groups is 1. The van der Waals surface area contributed by atoms with Crippen molar-refractivity contribution < 1.29 is 23.5 Å². The van der Waals surface area contributed by atoms with Crippen LogP contribution in [0.2, 0.25) is 0 Å². The molecule has 1 N–H and O–H groups in total. The Balaban J connectivity index is 1.82. The number of hydrogen-bond acceptors (Lipinski definition) is 5. The Bertz CT molecular complexity index is 850. The number of likely N-dealkylation sites (N-methyl/N-ethyl adjacent to an activating group) is 1. The van der Waals surface area contributed by atoms with E-state index in [1.807, 2.05) is 20.8 Å². The summed E-state index contributed by atoms with van der Waals surface area (Å²) in [6, 6.07) is 4.89. The van der Waals surface area contributed by atoms with Gasteiger partial charge in [-0.3, -0.25) is 9.59 Å². The summed E-state index contributed by atoms with van der Waals surface area (Å²) in [6.45, 7) is 7.67. The molecule has 3 rings (SSSR count). The molecule has 0 aliphatic carbocycles. The van der Waals surface area contributed by atoms with Crippen molar-refractivity contribution in [1.82, 2.24) is 25.1 Å². The Hall–Kier alpha value is -2.72. The number of fused-ring (bicyclic) bond motifs is 1. The number of carbonyl (C=O) groups is 3. The first-order valence-corrected chi connectivity index (χ1v) is 11.4. The van der Waals surface area contributed by atoms with Gasteiger partial charge in [-0.1, -0.05) is 26.0 Å². The largest absolute Gasteiger partial charge is 0.380 e. The van der Waals surface area contributed by atoms with Gasteiger partial charge in [0.1, 0.15) is 18.0 Å². The summed E-state index contributed by atoms with van der Waals surface area (Å²) in [4.78, 5) is 42.8. The third-order valence-electron chi connectivity index (χ3n) is 5.91. The number of urea groups is 1. The SMILES string of the molecule is CCOCCN1C[C@H]2N(C(=O)CN(C)N2C(=O)NCc2ccc(F)cc2)[C@@H](CC(C)C)C1=O. The second-order valence-electron chi connectivity index (χ2n) is 8.85. The van der Waals surface area contributed by atoms with Crippen molar-refractivity contribution in [3.05, 3.63) is 35.6 Å². The number of nitrogens with one attached hydrogen (secondary N) is 1. The lowest BCUT2D eigenvalue weighted by atomic mass is 9.97. The Labute approximate surface area is 194 Å². The van der Waals surface area contributed by atoms with Gasteiger partial charge in [-0.05, 0) is 37.0 Å². The van der Waals surface area contributed by atoms with Crippen LogP contribution in [0.3, 0.4) is 0 Å². The van der Waals surface area contributed by atoms with Crippen LogP contribution in [0.1, 0.15) is 32.8 Å². The first-order valence-electron chi connectivity index (χ1n) is 11.4. The normalized spacial score (nSPS) is 21.6. The van der Waals surface area contributed by atoms with E-state index < -0.39 is 12.2 Å². The molecule has 0 radical (unpaired) electrons. The predicted octanol–water partition coefficient (Wildman–Crippen LogP) is 1.65. The minimum absolute atomic E-state index is 0.00128. The molecule has 2 fully saturated rings. The summed E-state index contributed by atoms with van der Waals surface area (Å²) >= 11 is 0. The average Bonchev–Trinajstić information content (AvgIpc) is 2.75. The molecule has 2 heterocycles. The second-order valence-corrected chi connectivity index (χ2v) is 8.85. The lowest BCUT2D eigenvalue weighted by Gasteiger charge is -2.54. The van der Waals surface area contributed by atoms with Crippen molar-refractivity contribution in [2.45, 2.75) is 45.9 Å². The van der Waals surface area contributed by atoms with Crippen LogP contribution >= 0.6 is 0 Å². The van der Waals surface area contributed by atoms with Gasteiger partial charge in [-0.2, -0.15) is 0 Å². The minimum atomic E-state index is -0.626. The first-order chi connectivity index (χ1) is 15.7. The molecule has 0 unspecified atom stereocenters. The standard InChI is InChI=1S/C23H34FN5O4/c1-5-33-11-10-27-14-20-28(19(22(27)31)12-16(2)3)21(30)15-26(4)29(20)23(32)25-13-17-6-8-18(24)9-7-17/h6-9,16,19-20H,5,10-15H2,1-4H3,(H,25,32)/t19-,20-/m0/s1. The summed E-state index contributed by atoms with van der Waals surface area (Å²) in [5.74, 6) is -0.428. The topological polar surface area (TPSA) is 85.4 Å². The number of benzene rings is 1. The number of carbonyl (C=O) groups excluding carboxylic acids is 3. The van der Waals surface area contributed by atoms with E-state index in [0.717, 1.165) is 5.56 Å². The maximum Gasteiger partial charge on any atom is 0.334 e. The maximum atomic E-state index is 13.3. The van der Waals surface area contributed by atoms with Crippen molar-refractivity contribution >= 4 is 17.8 Å². The highest BCUT2D eigenvalue weighted by Crippen LogP contribution is 2.28. The second kappa shape index (κ2) is 10.9. The molecule has 1 aromatic carbocycles. The summed E-state index contributed by atoms with van der Waals surface area (Å²) < 4.78 is 18.6. The highest BCUT2D eigenvalue weighted by molar-refractivity contribution is 5.91. The molecule has 1 aromatic rings. The lowest BCUT2D eigenvalue weighted by molar-refractivity contribution is -0.188. The monoisotopic (exact) mass is 463 g/mol. The summed E-state index contributed by atoms with van der Waals surface area (Å²) in [7, 11) is 1.69. The Morgan fingerprint density at radius 2 is 1.94 bits per heavy atom. The highest BCUT2D eigenvalue weighted by Gasteiger charge is 2.50. The van der Waals surface area contributed by atoms with Gasteiger partial charge in [-0.25, -0.2) is 19.2 Å². The Morgan fingerprint density at radius 1 is 1.24 bits per heavy atom. The zero-order valence-corrected chi connectivity index (χ0v) is 19.8. The molecule has 9 nitrogen and oxygen atoms in total. The molecule has 2 atom stereocenters. The number of hydrogen-bond donors (Lipinski definition) is 1. The molecule has 0 aromatic heterocycles. The predicted molar refractivity (Wildman–Crippen MR) is 120 cm³/mol. The molecule has 2 aliphatic heterocycles. The molecular formula is C23H34FN5O4. The van der Waals surface area contributed by atoms with E-state index in [1.165, 1.54) is 17.1 Å². The van der Waals surface area contributed by atoms with E-state index in [1.54, 1.807) is 34.0 Å². The molecule has 0 spiro atoms. The molecule has 4 amide bonds. The first kappa shape index (κ1) is 24.9. The Morgan fingerprint density at radius 3 is 2.58 bits per heavy atom. The van der Waals surface area contributed by atoms with Crippen LogP contribution < -0.4 is 5.32 Å². The van der Waals surface area contributed by atoms with Crippen LogP contribution in [0.15, 0.2) is 24.3 Å². The fourth-order valence-electron chi connectivity index (χ4n) is 4.36. The third-order valence-corrected chi connectivity index (χ3v) is 5.91. The molecule has 182 valence electrons. The fourth-order valence-corrected chi connectivity index (χ4v) is 4.36. The smallest absolute Gasteiger partial charge is 0.334 e. The van der Waals surface area contributed by atoms with Gasteiger partial charge in [0, 0.05) is 26.7 Å². The lowest BCUT2D eigenvalue weighted by Crippen LogP contribution is -2.76. The van der Waals surface area contributed by atoms with Gasteiger partial charge in [0.25, 0.3) is 0 Å². The van der Waals surface area contributed by atoms with Crippen molar-refractivity contribution in [2.24, 2.45) is 5.92 Å². The van der Waals surface area contributed by atoms with Gasteiger partial charge < -0.3 is 19.9 Å². The number of nitrogens with zero attached hydrogens (tertiary/aromatic N) is 4. The van der Waals surface area contributed by atoms with Crippen molar-refractivity contribution in [3.63, 3.8) is 0 Å². The van der Waals surface area contributed by atoms with E-state index in [0.29, 0.717) is 26.2 Å². The van der Waals surface area contributed by atoms with E-state index in [9.17, 15) is 18.8 Å². The molecule has 0 saturated carbocycles. The van der Waals surface area contributed by atoms with Crippen LogP contribution in [0.5, 0.6) is 0 Å². The molecule has 10 heteroatoms. The van der Waals surface area contributed by atoms with Gasteiger partial charge in [-0.15, -0.1) is 0 Å². The van der Waals surface area contributed by atoms with Crippen LogP contribution in [0.4, 0.5) is 9.18 Å².